The first-order chi connectivity index (χ1) is 15.1. The van der Waals surface area contributed by atoms with Crippen molar-refractivity contribution in [3.8, 4) is 17.2 Å². The number of likely N-dealkylation sites (tertiary alicyclic amines) is 1. The molecule has 1 fully saturated rings. The Morgan fingerprint density at radius 1 is 1.10 bits per heavy atom. The second kappa shape index (κ2) is 7.91. The van der Waals surface area contributed by atoms with Crippen LogP contribution in [-0.4, -0.2) is 33.7 Å². The van der Waals surface area contributed by atoms with Crippen LogP contribution in [0.2, 0.25) is 0 Å². The lowest BCUT2D eigenvalue weighted by atomic mass is 9.97. The summed E-state index contributed by atoms with van der Waals surface area (Å²) in [4.78, 5) is 33.4. The van der Waals surface area contributed by atoms with Crippen LogP contribution in [0.1, 0.15) is 46.9 Å². The van der Waals surface area contributed by atoms with Gasteiger partial charge in [-0.3, -0.25) is 19.1 Å². The monoisotopic (exact) mass is 417 g/mol. The molecule has 1 unspecified atom stereocenters. The average molecular weight is 417 g/mol. The van der Waals surface area contributed by atoms with Gasteiger partial charge in [0, 0.05) is 25.0 Å². The molecule has 7 heteroatoms. The quantitative estimate of drug-likeness (QED) is 0.651. The van der Waals surface area contributed by atoms with Gasteiger partial charge in [-0.15, -0.1) is 0 Å². The minimum absolute atomic E-state index is 0.125. The van der Waals surface area contributed by atoms with Crippen molar-refractivity contribution in [1.82, 2.24) is 14.5 Å². The fourth-order valence-electron chi connectivity index (χ4n) is 4.32. The van der Waals surface area contributed by atoms with E-state index >= 15 is 0 Å². The highest BCUT2D eigenvalue weighted by Gasteiger charge is 2.32. The minimum Gasteiger partial charge on any atom is -0.454 e. The number of carbonyl (C=O) groups excluding carboxylic acids is 1. The number of fused-ring (bicyclic) bond motifs is 1. The maximum absolute atomic E-state index is 13.6. The standard InChI is InChI=1S/C24H23N3O4/c1-16-10-13-26(17-8-9-20-21(14-17)31-15-30-20)23(28)22(16)24(29)27-12-5-3-7-19(27)18-6-2-4-11-25-18/h2,4,6,8-11,13-14,19H,3,5,7,12,15H2,1H3. The molecule has 1 atom stereocenters. The van der Waals surface area contributed by atoms with E-state index in [0.717, 1.165) is 25.0 Å². The maximum Gasteiger partial charge on any atom is 0.268 e. The Morgan fingerprint density at radius 3 is 2.81 bits per heavy atom. The van der Waals surface area contributed by atoms with Crippen molar-refractivity contribution in [2.45, 2.75) is 32.2 Å². The van der Waals surface area contributed by atoms with Gasteiger partial charge in [0.2, 0.25) is 6.79 Å². The van der Waals surface area contributed by atoms with E-state index in [1.54, 1.807) is 48.5 Å². The fourth-order valence-corrected chi connectivity index (χ4v) is 4.32. The van der Waals surface area contributed by atoms with Gasteiger partial charge >= 0.3 is 0 Å². The number of aryl methyl sites for hydroxylation is 1. The van der Waals surface area contributed by atoms with Gasteiger partial charge in [0.05, 0.1) is 17.4 Å². The summed E-state index contributed by atoms with van der Waals surface area (Å²) in [6.07, 6.45) is 6.22. The number of hydrogen-bond donors (Lipinski definition) is 0. The van der Waals surface area contributed by atoms with E-state index in [1.165, 1.54) is 4.57 Å². The van der Waals surface area contributed by atoms with Gasteiger partial charge in [-0.1, -0.05) is 6.07 Å². The number of rotatable bonds is 3. The third-order valence-electron chi connectivity index (χ3n) is 5.94. The summed E-state index contributed by atoms with van der Waals surface area (Å²) >= 11 is 0. The normalized spacial score (nSPS) is 17.6. The molecule has 0 aliphatic carbocycles. The molecule has 4 heterocycles. The van der Waals surface area contributed by atoms with Crippen LogP contribution < -0.4 is 15.0 Å². The Kier molecular flexibility index (Phi) is 4.94. The molecule has 5 rings (SSSR count). The smallest absolute Gasteiger partial charge is 0.268 e. The Balaban J connectivity index is 1.54. The van der Waals surface area contributed by atoms with E-state index in [-0.39, 0.29) is 29.9 Å². The molecule has 158 valence electrons. The van der Waals surface area contributed by atoms with Crippen LogP contribution in [0, 0.1) is 6.92 Å². The molecule has 2 aliphatic heterocycles. The van der Waals surface area contributed by atoms with Crippen LogP contribution in [0.5, 0.6) is 11.5 Å². The van der Waals surface area contributed by atoms with E-state index in [2.05, 4.69) is 4.98 Å². The second-order valence-corrected chi connectivity index (χ2v) is 7.85. The lowest BCUT2D eigenvalue weighted by molar-refractivity contribution is 0.0603. The summed E-state index contributed by atoms with van der Waals surface area (Å²) in [6, 6.07) is 12.7. The average Bonchev–Trinajstić information content (AvgIpc) is 3.27. The minimum atomic E-state index is -0.339. The number of piperidine rings is 1. The predicted octanol–water partition coefficient (Wildman–Crippen LogP) is 3.64. The number of hydrogen-bond acceptors (Lipinski definition) is 5. The number of amides is 1. The third-order valence-corrected chi connectivity index (χ3v) is 5.94. The maximum atomic E-state index is 13.6. The Labute approximate surface area is 179 Å². The van der Waals surface area contributed by atoms with Crippen molar-refractivity contribution in [2.75, 3.05) is 13.3 Å². The van der Waals surface area contributed by atoms with Crippen LogP contribution in [0.4, 0.5) is 0 Å². The zero-order valence-electron chi connectivity index (χ0n) is 17.3. The summed E-state index contributed by atoms with van der Waals surface area (Å²) in [5.74, 6) is 0.990. The van der Waals surface area contributed by atoms with E-state index in [9.17, 15) is 9.59 Å². The number of carbonyl (C=O) groups is 1. The fraction of sp³-hybridized carbons (Fsp3) is 0.292. The van der Waals surface area contributed by atoms with Gasteiger partial charge in [0.1, 0.15) is 5.56 Å². The van der Waals surface area contributed by atoms with Gasteiger partial charge in [-0.25, -0.2) is 0 Å². The number of pyridine rings is 2. The van der Waals surface area contributed by atoms with Gasteiger partial charge in [0.15, 0.2) is 11.5 Å². The molecule has 0 N–H and O–H groups in total. The molecule has 0 bridgehead atoms. The molecule has 0 radical (unpaired) electrons. The molecule has 0 spiro atoms. The predicted molar refractivity (Wildman–Crippen MR) is 115 cm³/mol. The van der Waals surface area contributed by atoms with Crippen LogP contribution >= 0.6 is 0 Å². The second-order valence-electron chi connectivity index (χ2n) is 7.85. The van der Waals surface area contributed by atoms with Gasteiger partial charge in [0.25, 0.3) is 11.5 Å². The lowest BCUT2D eigenvalue weighted by Crippen LogP contribution is -2.42. The van der Waals surface area contributed by atoms with Crippen molar-refractivity contribution < 1.29 is 14.3 Å². The van der Waals surface area contributed by atoms with Gasteiger partial charge < -0.3 is 14.4 Å². The summed E-state index contributed by atoms with van der Waals surface area (Å²) in [5.41, 5.74) is 2.01. The SMILES string of the molecule is Cc1ccn(-c2ccc3c(c2)OCO3)c(=O)c1C(=O)N1CCCCC1c1ccccn1. The van der Waals surface area contributed by atoms with Gasteiger partial charge in [-0.05, 0) is 62.1 Å². The highest BCUT2D eigenvalue weighted by Crippen LogP contribution is 2.34. The molecule has 1 saturated heterocycles. The van der Waals surface area contributed by atoms with E-state index < -0.39 is 0 Å². The molecule has 1 aromatic carbocycles. The summed E-state index contributed by atoms with van der Waals surface area (Å²) in [6.45, 7) is 2.57. The van der Waals surface area contributed by atoms with Crippen LogP contribution in [0.25, 0.3) is 5.69 Å². The van der Waals surface area contributed by atoms with Crippen LogP contribution in [0.3, 0.4) is 0 Å². The summed E-state index contributed by atoms with van der Waals surface area (Å²) in [7, 11) is 0. The highest BCUT2D eigenvalue weighted by atomic mass is 16.7. The molecule has 2 aliphatic rings. The van der Waals surface area contributed by atoms with Crippen LogP contribution in [-0.2, 0) is 0 Å². The lowest BCUT2D eigenvalue weighted by Gasteiger charge is -2.35. The number of nitrogens with zero attached hydrogens (tertiary/aromatic N) is 3. The van der Waals surface area contributed by atoms with E-state index in [1.807, 2.05) is 18.2 Å². The number of ether oxygens (including phenoxy) is 2. The zero-order valence-corrected chi connectivity index (χ0v) is 17.3. The highest BCUT2D eigenvalue weighted by molar-refractivity contribution is 5.95. The first-order valence-electron chi connectivity index (χ1n) is 10.5. The molecule has 7 nitrogen and oxygen atoms in total. The van der Waals surface area contributed by atoms with E-state index in [4.69, 9.17) is 9.47 Å². The van der Waals surface area contributed by atoms with Crippen molar-refractivity contribution in [2.24, 2.45) is 0 Å². The van der Waals surface area contributed by atoms with Gasteiger partial charge in [-0.2, -0.15) is 0 Å². The zero-order chi connectivity index (χ0) is 21.4. The number of aromatic nitrogens is 2. The number of benzene rings is 1. The Bertz CT molecular complexity index is 1190. The molecule has 3 aromatic rings. The first kappa shape index (κ1) is 19.4. The molecule has 31 heavy (non-hydrogen) atoms. The summed E-state index contributed by atoms with van der Waals surface area (Å²) in [5, 5.41) is 0. The van der Waals surface area contributed by atoms with Crippen LogP contribution in [0.15, 0.2) is 59.7 Å². The molecule has 0 saturated carbocycles. The van der Waals surface area contributed by atoms with Crippen molar-refractivity contribution >= 4 is 5.91 Å². The molecule has 1 amide bonds. The molecular weight excluding hydrogens is 394 g/mol. The molecular formula is C24H23N3O4. The van der Waals surface area contributed by atoms with E-state index in [0.29, 0.717) is 29.3 Å². The molecule has 2 aromatic heterocycles. The van der Waals surface area contributed by atoms with Crippen molar-refractivity contribution in [1.29, 1.82) is 0 Å². The largest absolute Gasteiger partial charge is 0.454 e. The first-order valence-corrected chi connectivity index (χ1v) is 10.5. The Hall–Kier alpha value is -3.61. The third kappa shape index (κ3) is 3.46. The topological polar surface area (TPSA) is 73.7 Å². The Morgan fingerprint density at radius 2 is 1.97 bits per heavy atom. The summed E-state index contributed by atoms with van der Waals surface area (Å²) < 4.78 is 12.3. The van der Waals surface area contributed by atoms with Crippen molar-refractivity contribution in [3.63, 3.8) is 0 Å². The van der Waals surface area contributed by atoms with Crippen molar-refractivity contribution in [3.05, 3.63) is 82.0 Å².